The number of rotatable bonds is 7. The van der Waals surface area contributed by atoms with Crippen molar-refractivity contribution >= 4 is 5.82 Å². The predicted molar refractivity (Wildman–Crippen MR) is 63.8 cm³/mol. The molecule has 1 aromatic rings. The van der Waals surface area contributed by atoms with Crippen molar-refractivity contribution in [2.45, 2.75) is 26.8 Å². The highest BCUT2D eigenvalue weighted by Crippen LogP contribution is 1.93. The lowest BCUT2D eigenvalue weighted by Crippen LogP contribution is -2.24. The molecule has 0 amide bonds. The molecule has 0 aliphatic carbocycles. The lowest BCUT2D eigenvalue weighted by atomic mass is 10.4. The molecule has 5 nitrogen and oxygen atoms in total. The van der Waals surface area contributed by atoms with Crippen LogP contribution in [-0.4, -0.2) is 29.3 Å². The van der Waals surface area contributed by atoms with Gasteiger partial charge >= 0.3 is 0 Å². The van der Waals surface area contributed by atoms with E-state index in [1.165, 1.54) is 0 Å². The zero-order valence-corrected chi connectivity index (χ0v) is 9.90. The second kappa shape index (κ2) is 7.00. The first kappa shape index (κ1) is 12.7. The first-order valence-corrected chi connectivity index (χ1v) is 5.66. The van der Waals surface area contributed by atoms with Crippen LogP contribution >= 0.6 is 0 Å². The summed E-state index contributed by atoms with van der Waals surface area (Å²) in [5.74, 6) is 0.417. The largest absolute Gasteiger partial charge is 0.382 e. The Morgan fingerprint density at radius 1 is 1.50 bits per heavy atom. The van der Waals surface area contributed by atoms with Gasteiger partial charge in [0.25, 0.3) is 5.56 Å². The number of nitrogens with zero attached hydrogens (tertiary/aromatic N) is 2. The Kier molecular flexibility index (Phi) is 5.56. The van der Waals surface area contributed by atoms with Crippen molar-refractivity contribution in [3.05, 3.63) is 22.7 Å². The van der Waals surface area contributed by atoms with Crippen molar-refractivity contribution in [3.8, 4) is 0 Å². The molecule has 0 fully saturated rings. The molecular weight excluding hydrogens is 206 g/mol. The highest BCUT2D eigenvalue weighted by molar-refractivity contribution is 5.30. The Labute approximate surface area is 95.5 Å². The summed E-state index contributed by atoms with van der Waals surface area (Å²) in [4.78, 5) is 15.7. The molecule has 0 aliphatic rings. The number of ether oxygens (including phenoxy) is 1. The number of aryl methyl sites for hydroxylation is 1. The quantitative estimate of drug-likeness (QED) is 0.706. The smallest absolute Gasteiger partial charge is 0.293 e. The third-order valence-electron chi connectivity index (χ3n) is 2.22. The average Bonchev–Trinajstić information content (AvgIpc) is 2.31. The van der Waals surface area contributed by atoms with E-state index in [-0.39, 0.29) is 5.56 Å². The van der Waals surface area contributed by atoms with Gasteiger partial charge in [-0.15, -0.1) is 0 Å². The third-order valence-corrected chi connectivity index (χ3v) is 2.22. The van der Waals surface area contributed by atoms with Crippen molar-refractivity contribution in [2.75, 3.05) is 25.1 Å². The Balaban J connectivity index is 2.45. The maximum Gasteiger partial charge on any atom is 0.293 e. The maximum atomic E-state index is 11.7. The summed E-state index contributed by atoms with van der Waals surface area (Å²) in [6.45, 7) is 6.70. The zero-order valence-electron chi connectivity index (χ0n) is 9.90. The fraction of sp³-hybridized carbons (Fsp3) is 0.636. The highest BCUT2D eigenvalue weighted by atomic mass is 16.5. The summed E-state index contributed by atoms with van der Waals surface area (Å²) < 4.78 is 6.83. The second-order valence-electron chi connectivity index (χ2n) is 3.34. The number of aromatic nitrogens is 2. The van der Waals surface area contributed by atoms with Crippen LogP contribution in [0.5, 0.6) is 0 Å². The Morgan fingerprint density at radius 3 is 3.00 bits per heavy atom. The molecule has 0 unspecified atom stereocenters. The van der Waals surface area contributed by atoms with Crippen LogP contribution in [0.3, 0.4) is 0 Å². The van der Waals surface area contributed by atoms with Crippen LogP contribution in [-0.2, 0) is 11.3 Å². The van der Waals surface area contributed by atoms with Gasteiger partial charge in [0.2, 0.25) is 0 Å². The van der Waals surface area contributed by atoms with Crippen molar-refractivity contribution in [2.24, 2.45) is 0 Å². The Morgan fingerprint density at radius 2 is 2.31 bits per heavy atom. The van der Waals surface area contributed by atoms with Crippen molar-refractivity contribution in [1.82, 2.24) is 9.55 Å². The van der Waals surface area contributed by atoms with Gasteiger partial charge in [0.1, 0.15) is 0 Å². The molecule has 0 atom stereocenters. The van der Waals surface area contributed by atoms with E-state index in [9.17, 15) is 4.79 Å². The molecule has 1 aromatic heterocycles. The van der Waals surface area contributed by atoms with E-state index in [1.807, 2.05) is 13.8 Å². The minimum absolute atomic E-state index is 0.0681. The summed E-state index contributed by atoms with van der Waals surface area (Å²) in [6.07, 6.45) is 4.19. The van der Waals surface area contributed by atoms with E-state index in [1.54, 1.807) is 17.0 Å². The molecule has 0 bridgehead atoms. The van der Waals surface area contributed by atoms with Gasteiger partial charge in [0.05, 0.1) is 0 Å². The molecule has 0 saturated heterocycles. The van der Waals surface area contributed by atoms with E-state index in [4.69, 9.17) is 4.74 Å². The average molecular weight is 225 g/mol. The monoisotopic (exact) mass is 225 g/mol. The molecule has 0 spiro atoms. The van der Waals surface area contributed by atoms with E-state index in [2.05, 4.69) is 10.3 Å². The van der Waals surface area contributed by atoms with Gasteiger partial charge in [-0.3, -0.25) is 4.79 Å². The van der Waals surface area contributed by atoms with Gasteiger partial charge in [-0.25, -0.2) is 4.98 Å². The summed E-state index contributed by atoms with van der Waals surface area (Å²) in [5.41, 5.74) is -0.0681. The van der Waals surface area contributed by atoms with Crippen LogP contribution in [0.2, 0.25) is 0 Å². The zero-order chi connectivity index (χ0) is 11.8. The molecule has 5 heteroatoms. The van der Waals surface area contributed by atoms with Crippen LogP contribution in [0.1, 0.15) is 20.3 Å². The SMILES string of the molecule is CCOCCCNc1nccn(CC)c1=O. The summed E-state index contributed by atoms with van der Waals surface area (Å²) >= 11 is 0. The molecule has 90 valence electrons. The van der Waals surface area contributed by atoms with Crippen LogP contribution in [0.4, 0.5) is 5.82 Å². The van der Waals surface area contributed by atoms with Crippen molar-refractivity contribution in [1.29, 1.82) is 0 Å². The predicted octanol–water partition coefficient (Wildman–Crippen LogP) is 1.10. The number of hydrogen-bond acceptors (Lipinski definition) is 4. The Hall–Kier alpha value is -1.36. The molecule has 16 heavy (non-hydrogen) atoms. The minimum Gasteiger partial charge on any atom is -0.382 e. The third kappa shape index (κ3) is 3.66. The fourth-order valence-electron chi connectivity index (χ4n) is 1.34. The van der Waals surface area contributed by atoms with Crippen LogP contribution in [0.15, 0.2) is 17.2 Å². The first-order valence-electron chi connectivity index (χ1n) is 5.66. The lowest BCUT2D eigenvalue weighted by molar-refractivity contribution is 0.147. The van der Waals surface area contributed by atoms with Crippen molar-refractivity contribution in [3.63, 3.8) is 0 Å². The maximum absolute atomic E-state index is 11.7. The van der Waals surface area contributed by atoms with E-state index in [0.717, 1.165) is 13.0 Å². The van der Waals surface area contributed by atoms with Gasteiger partial charge in [0, 0.05) is 38.7 Å². The second-order valence-corrected chi connectivity index (χ2v) is 3.34. The van der Waals surface area contributed by atoms with Gasteiger partial charge in [-0.2, -0.15) is 0 Å². The van der Waals surface area contributed by atoms with Gasteiger partial charge in [-0.1, -0.05) is 0 Å². The molecule has 0 saturated carbocycles. The molecule has 1 N–H and O–H groups in total. The van der Waals surface area contributed by atoms with Gasteiger partial charge in [0.15, 0.2) is 5.82 Å². The van der Waals surface area contributed by atoms with Gasteiger partial charge in [-0.05, 0) is 20.3 Å². The Bertz CT molecular complexity index is 362. The first-order chi connectivity index (χ1) is 7.79. The van der Waals surface area contributed by atoms with Crippen LogP contribution in [0, 0.1) is 0 Å². The van der Waals surface area contributed by atoms with E-state index in [0.29, 0.717) is 25.5 Å². The number of anilines is 1. The molecular formula is C11H19N3O2. The molecule has 1 heterocycles. The van der Waals surface area contributed by atoms with Gasteiger partial charge < -0.3 is 14.6 Å². The van der Waals surface area contributed by atoms with E-state index >= 15 is 0 Å². The summed E-state index contributed by atoms with van der Waals surface area (Å²) in [6, 6.07) is 0. The van der Waals surface area contributed by atoms with Crippen LogP contribution in [0.25, 0.3) is 0 Å². The summed E-state index contributed by atoms with van der Waals surface area (Å²) in [7, 11) is 0. The van der Waals surface area contributed by atoms with E-state index < -0.39 is 0 Å². The number of nitrogens with one attached hydrogen (secondary N) is 1. The molecule has 0 radical (unpaired) electrons. The molecule has 0 aliphatic heterocycles. The molecule has 0 aromatic carbocycles. The topological polar surface area (TPSA) is 56.1 Å². The minimum atomic E-state index is -0.0681. The number of hydrogen-bond donors (Lipinski definition) is 1. The van der Waals surface area contributed by atoms with Crippen LogP contribution < -0.4 is 10.9 Å². The molecule has 1 rings (SSSR count). The standard InChI is InChI=1S/C11H19N3O2/c1-3-14-8-7-13-10(11(14)15)12-6-5-9-16-4-2/h7-8H,3-6,9H2,1-2H3,(H,12,13). The van der Waals surface area contributed by atoms with Crippen molar-refractivity contribution < 1.29 is 4.74 Å². The fourth-order valence-corrected chi connectivity index (χ4v) is 1.34. The summed E-state index contributed by atoms with van der Waals surface area (Å²) in [5, 5.41) is 3.02. The highest BCUT2D eigenvalue weighted by Gasteiger charge is 2.01. The lowest BCUT2D eigenvalue weighted by Gasteiger charge is -2.07. The normalized spacial score (nSPS) is 10.4.